The Bertz CT molecular complexity index is 299. The third kappa shape index (κ3) is 5.00. The third-order valence-corrected chi connectivity index (χ3v) is 3.09. The number of aromatic nitrogens is 1. The Labute approximate surface area is 96.2 Å². The zero-order chi connectivity index (χ0) is 10.9. The van der Waals surface area contributed by atoms with Gasteiger partial charge in [0.05, 0.1) is 0 Å². The fraction of sp³-hybridized carbons (Fsp3) is 0.417. The zero-order valence-electron chi connectivity index (χ0n) is 9.20. The normalized spacial score (nSPS) is 10.2. The van der Waals surface area contributed by atoms with Gasteiger partial charge in [-0.1, -0.05) is 6.08 Å². The Morgan fingerprint density at radius 3 is 3.20 bits per heavy atom. The Morgan fingerprint density at radius 1 is 1.60 bits per heavy atom. The van der Waals surface area contributed by atoms with Gasteiger partial charge >= 0.3 is 0 Å². The molecule has 1 aromatic heterocycles. The molecule has 1 aromatic rings. The van der Waals surface area contributed by atoms with Gasteiger partial charge in [0, 0.05) is 37.0 Å². The monoisotopic (exact) mass is 222 g/mol. The molecule has 0 aliphatic carbocycles. The van der Waals surface area contributed by atoms with E-state index in [1.165, 1.54) is 11.1 Å². The first kappa shape index (κ1) is 12.3. The highest BCUT2D eigenvalue weighted by Gasteiger charge is 1.96. The maximum atomic E-state index is 4.12. The first-order valence-corrected chi connectivity index (χ1v) is 6.29. The fourth-order valence-electron chi connectivity index (χ4n) is 1.22. The maximum Gasteiger partial charge on any atom is 0.0315 e. The van der Waals surface area contributed by atoms with Gasteiger partial charge in [-0.2, -0.15) is 11.8 Å². The minimum Gasteiger partial charge on any atom is -0.312 e. The molecule has 0 saturated heterocycles. The summed E-state index contributed by atoms with van der Waals surface area (Å²) in [5.74, 6) is 2.17. The fourth-order valence-corrected chi connectivity index (χ4v) is 1.84. The van der Waals surface area contributed by atoms with Crippen molar-refractivity contribution in [2.24, 2.45) is 0 Å². The van der Waals surface area contributed by atoms with Crippen LogP contribution in [0.2, 0.25) is 0 Å². The number of thioether (sulfide) groups is 1. The maximum absolute atomic E-state index is 4.12. The zero-order valence-corrected chi connectivity index (χ0v) is 10.0. The van der Waals surface area contributed by atoms with Crippen LogP contribution in [0.4, 0.5) is 0 Å². The van der Waals surface area contributed by atoms with Crippen LogP contribution in [-0.2, 0) is 6.54 Å². The summed E-state index contributed by atoms with van der Waals surface area (Å²) in [6.45, 7) is 7.75. The van der Waals surface area contributed by atoms with Crippen molar-refractivity contribution in [2.45, 2.75) is 13.5 Å². The Kier molecular flexibility index (Phi) is 6.12. The summed E-state index contributed by atoms with van der Waals surface area (Å²) >= 11 is 1.90. The molecule has 1 rings (SSSR count). The summed E-state index contributed by atoms with van der Waals surface area (Å²) in [6.07, 6.45) is 5.70. The van der Waals surface area contributed by atoms with Crippen molar-refractivity contribution < 1.29 is 0 Å². The van der Waals surface area contributed by atoms with Crippen molar-refractivity contribution in [3.8, 4) is 0 Å². The smallest absolute Gasteiger partial charge is 0.0315 e. The average Bonchev–Trinajstić information content (AvgIpc) is 2.25. The van der Waals surface area contributed by atoms with Gasteiger partial charge in [-0.25, -0.2) is 0 Å². The average molecular weight is 222 g/mol. The molecule has 0 fully saturated rings. The molecule has 0 spiro atoms. The molecule has 3 heteroatoms. The SMILES string of the molecule is C=CCSCCNCc1cnccc1C. The Balaban J connectivity index is 2.15. The second kappa shape index (κ2) is 7.49. The van der Waals surface area contributed by atoms with Gasteiger partial charge < -0.3 is 5.32 Å². The largest absolute Gasteiger partial charge is 0.312 e. The van der Waals surface area contributed by atoms with Crippen LogP contribution in [0.15, 0.2) is 31.1 Å². The number of hydrogen-bond acceptors (Lipinski definition) is 3. The molecule has 0 radical (unpaired) electrons. The van der Waals surface area contributed by atoms with Crippen molar-refractivity contribution in [1.82, 2.24) is 10.3 Å². The predicted octanol–water partition coefficient (Wildman–Crippen LogP) is 2.40. The van der Waals surface area contributed by atoms with E-state index >= 15 is 0 Å². The summed E-state index contributed by atoms with van der Waals surface area (Å²) in [5, 5.41) is 3.41. The van der Waals surface area contributed by atoms with Gasteiger partial charge in [0.1, 0.15) is 0 Å². The lowest BCUT2D eigenvalue weighted by Crippen LogP contribution is -2.17. The molecule has 15 heavy (non-hydrogen) atoms. The van der Waals surface area contributed by atoms with E-state index in [4.69, 9.17) is 0 Å². The second-order valence-electron chi connectivity index (χ2n) is 3.34. The molecule has 1 N–H and O–H groups in total. The van der Waals surface area contributed by atoms with Crippen LogP contribution >= 0.6 is 11.8 Å². The molecule has 0 atom stereocenters. The molecule has 1 heterocycles. The summed E-state index contributed by atoms with van der Waals surface area (Å²) < 4.78 is 0. The standard InChI is InChI=1S/C12H18N2S/c1-3-7-15-8-6-14-10-12-9-13-5-4-11(12)2/h3-5,9,14H,1,6-8,10H2,2H3. The quantitative estimate of drug-likeness (QED) is 0.566. The highest BCUT2D eigenvalue weighted by atomic mass is 32.2. The topological polar surface area (TPSA) is 24.9 Å². The van der Waals surface area contributed by atoms with Gasteiger partial charge in [0.25, 0.3) is 0 Å². The van der Waals surface area contributed by atoms with Gasteiger partial charge in [-0.3, -0.25) is 4.98 Å². The van der Waals surface area contributed by atoms with E-state index < -0.39 is 0 Å². The van der Waals surface area contributed by atoms with Crippen LogP contribution in [0, 0.1) is 6.92 Å². The molecule has 0 saturated carbocycles. The highest BCUT2D eigenvalue weighted by molar-refractivity contribution is 7.99. The number of nitrogens with zero attached hydrogens (tertiary/aromatic N) is 1. The molecule has 0 amide bonds. The van der Waals surface area contributed by atoms with Crippen molar-refractivity contribution in [1.29, 1.82) is 0 Å². The van der Waals surface area contributed by atoms with Gasteiger partial charge in [-0.15, -0.1) is 6.58 Å². The molecular formula is C12H18N2S. The lowest BCUT2D eigenvalue weighted by Gasteiger charge is -2.06. The van der Waals surface area contributed by atoms with Crippen LogP contribution in [0.25, 0.3) is 0 Å². The number of hydrogen-bond donors (Lipinski definition) is 1. The van der Waals surface area contributed by atoms with Crippen molar-refractivity contribution in [3.63, 3.8) is 0 Å². The van der Waals surface area contributed by atoms with Gasteiger partial charge in [0.2, 0.25) is 0 Å². The minimum absolute atomic E-state index is 0.911. The molecule has 82 valence electrons. The van der Waals surface area contributed by atoms with E-state index in [-0.39, 0.29) is 0 Å². The molecule has 0 bridgehead atoms. The molecular weight excluding hydrogens is 204 g/mol. The molecule has 0 unspecified atom stereocenters. The summed E-state index contributed by atoms with van der Waals surface area (Å²) in [7, 11) is 0. The lowest BCUT2D eigenvalue weighted by molar-refractivity contribution is 0.726. The highest BCUT2D eigenvalue weighted by Crippen LogP contribution is 2.04. The lowest BCUT2D eigenvalue weighted by atomic mass is 10.2. The molecule has 0 aliphatic heterocycles. The van der Waals surface area contributed by atoms with Gasteiger partial charge in [-0.05, 0) is 24.1 Å². The Morgan fingerprint density at radius 2 is 2.47 bits per heavy atom. The van der Waals surface area contributed by atoms with Crippen LogP contribution in [0.1, 0.15) is 11.1 Å². The van der Waals surface area contributed by atoms with E-state index in [1.807, 2.05) is 36.3 Å². The summed E-state index contributed by atoms with van der Waals surface area (Å²) in [6, 6.07) is 2.05. The van der Waals surface area contributed by atoms with E-state index in [2.05, 4.69) is 23.8 Å². The molecule has 0 aromatic carbocycles. The first-order chi connectivity index (χ1) is 7.34. The summed E-state index contributed by atoms with van der Waals surface area (Å²) in [5.41, 5.74) is 2.59. The predicted molar refractivity (Wildman–Crippen MR) is 68.2 cm³/mol. The van der Waals surface area contributed by atoms with Crippen LogP contribution in [-0.4, -0.2) is 23.0 Å². The number of rotatable bonds is 7. The number of nitrogens with one attached hydrogen (secondary N) is 1. The van der Waals surface area contributed by atoms with E-state index in [0.29, 0.717) is 0 Å². The molecule has 0 aliphatic rings. The van der Waals surface area contributed by atoms with Crippen LogP contribution < -0.4 is 5.32 Å². The summed E-state index contributed by atoms with van der Waals surface area (Å²) in [4.78, 5) is 4.12. The van der Waals surface area contributed by atoms with Crippen LogP contribution in [0.5, 0.6) is 0 Å². The Hall–Kier alpha value is -0.800. The van der Waals surface area contributed by atoms with Gasteiger partial charge in [0.15, 0.2) is 0 Å². The van der Waals surface area contributed by atoms with Crippen LogP contribution in [0.3, 0.4) is 0 Å². The minimum atomic E-state index is 0.911. The third-order valence-electron chi connectivity index (χ3n) is 2.12. The van der Waals surface area contributed by atoms with Crippen molar-refractivity contribution >= 4 is 11.8 Å². The van der Waals surface area contributed by atoms with E-state index in [0.717, 1.165) is 24.6 Å². The number of aryl methyl sites for hydroxylation is 1. The molecule has 2 nitrogen and oxygen atoms in total. The second-order valence-corrected chi connectivity index (χ2v) is 4.49. The first-order valence-electron chi connectivity index (χ1n) is 5.13. The van der Waals surface area contributed by atoms with Crippen molar-refractivity contribution in [2.75, 3.05) is 18.1 Å². The van der Waals surface area contributed by atoms with Crippen molar-refractivity contribution in [3.05, 3.63) is 42.2 Å². The van der Waals surface area contributed by atoms with E-state index in [1.54, 1.807) is 0 Å². The van der Waals surface area contributed by atoms with E-state index in [9.17, 15) is 0 Å². The number of pyridine rings is 1.